The Hall–Kier alpha value is -3.13. The van der Waals surface area contributed by atoms with Crippen LogP contribution >= 0.6 is 11.3 Å². The number of furan rings is 1. The molecule has 3 aromatic rings. The first-order valence-corrected chi connectivity index (χ1v) is 8.75. The molecule has 0 aliphatic rings. The summed E-state index contributed by atoms with van der Waals surface area (Å²) >= 11 is 1.12. The molecular formula is C18H18N4O3S. The zero-order valence-electron chi connectivity index (χ0n) is 14.3. The van der Waals surface area contributed by atoms with Gasteiger partial charge < -0.3 is 15.1 Å². The first-order chi connectivity index (χ1) is 12.5. The lowest BCUT2D eigenvalue weighted by Crippen LogP contribution is -2.22. The molecule has 0 unspecified atom stereocenters. The molecule has 7 nitrogen and oxygen atoms in total. The first-order valence-electron chi connectivity index (χ1n) is 7.94. The molecule has 3 rings (SSSR count). The topological polar surface area (TPSA) is 96.3 Å². The summed E-state index contributed by atoms with van der Waals surface area (Å²) in [4.78, 5) is 29.1. The van der Waals surface area contributed by atoms with Gasteiger partial charge >= 0.3 is 6.03 Å². The van der Waals surface area contributed by atoms with Gasteiger partial charge in [0, 0.05) is 5.69 Å². The van der Waals surface area contributed by atoms with Gasteiger partial charge in [-0.05, 0) is 43.7 Å². The first kappa shape index (κ1) is 17.7. The average Bonchev–Trinajstić information content (AvgIpc) is 3.22. The number of carbonyl (C=O) groups excluding carboxylic acids is 2. The van der Waals surface area contributed by atoms with Gasteiger partial charge in [0.2, 0.25) is 0 Å². The third-order valence-corrected chi connectivity index (χ3v) is 4.57. The highest BCUT2D eigenvalue weighted by molar-refractivity contribution is 7.17. The maximum absolute atomic E-state index is 12.3. The van der Waals surface area contributed by atoms with Gasteiger partial charge in [0.1, 0.15) is 10.6 Å². The number of benzene rings is 1. The molecular weight excluding hydrogens is 352 g/mol. The monoisotopic (exact) mass is 370 g/mol. The third-order valence-electron chi connectivity index (χ3n) is 3.50. The van der Waals surface area contributed by atoms with Gasteiger partial charge in [-0.1, -0.05) is 23.5 Å². The number of aromatic nitrogens is 1. The molecule has 0 radical (unpaired) electrons. The highest BCUT2D eigenvalue weighted by Crippen LogP contribution is 2.23. The average molecular weight is 370 g/mol. The molecule has 0 aliphatic carbocycles. The van der Waals surface area contributed by atoms with E-state index in [1.165, 1.54) is 0 Å². The van der Waals surface area contributed by atoms with Crippen molar-refractivity contribution in [3.63, 3.8) is 0 Å². The lowest BCUT2D eigenvalue weighted by atomic mass is 10.2. The van der Waals surface area contributed by atoms with Gasteiger partial charge in [-0.3, -0.25) is 10.1 Å². The van der Waals surface area contributed by atoms with Crippen molar-refractivity contribution >= 4 is 34.1 Å². The minimum atomic E-state index is -0.410. The van der Waals surface area contributed by atoms with E-state index in [0.29, 0.717) is 33.7 Å². The van der Waals surface area contributed by atoms with Gasteiger partial charge in [0.25, 0.3) is 5.91 Å². The number of nitrogens with zero attached hydrogens (tertiary/aromatic N) is 1. The number of anilines is 2. The van der Waals surface area contributed by atoms with Crippen LogP contribution in [0.15, 0.2) is 47.1 Å². The number of nitrogens with one attached hydrogen (secondary N) is 3. The molecule has 26 heavy (non-hydrogen) atoms. The highest BCUT2D eigenvalue weighted by atomic mass is 32.1. The minimum absolute atomic E-state index is 0.261. The minimum Gasteiger partial charge on any atom is -0.467 e. The van der Waals surface area contributed by atoms with Crippen molar-refractivity contribution in [3.05, 3.63) is 64.6 Å². The van der Waals surface area contributed by atoms with E-state index in [1.807, 2.05) is 25.1 Å². The predicted molar refractivity (Wildman–Crippen MR) is 101 cm³/mol. The number of carbonyl (C=O) groups is 2. The summed E-state index contributed by atoms with van der Waals surface area (Å²) in [5, 5.41) is 8.51. The van der Waals surface area contributed by atoms with E-state index in [2.05, 4.69) is 20.9 Å². The number of urea groups is 1. The molecule has 8 heteroatoms. The molecule has 3 amide bonds. The molecule has 0 atom stereocenters. The SMILES string of the molecule is Cc1cccc(NC(=O)Nc2nc(C)c(C(=O)NCc3ccco3)s2)c1. The molecule has 2 aromatic heterocycles. The van der Waals surface area contributed by atoms with Crippen LogP contribution in [0.4, 0.5) is 15.6 Å². The van der Waals surface area contributed by atoms with Crippen LogP contribution in [0, 0.1) is 13.8 Å². The highest BCUT2D eigenvalue weighted by Gasteiger charge is 2.16. The van der Waals surface area contributed by atoms with Gasteiger partial charge in [-0.15, -0.1) is 0 Å². The van der Waals surface area contributed by atoms with E-state index in [0.717, 1.165) is 16.9 Å². The zero-order valence-corrected chi connectivity index (χ0v) is 15.1. The third kappa shape index (κ3) is 4.48. The van der Waals surface area contributed by atoms with Crippen molar-refractivity contribution < 1.29 is 14.0 Å². The van der Waals surface area contributed by atoms with Gasteiger partial charge in [-0.25, -0.2) is 9.78 Å². The van der Waals surface area contributed by atoms with Crippen LogP contribution in [0.5, 0.6) is 0 Å². The summed E-state index contributed by atoms with van der Waals surface area (Å²) in [7, 11) is 0. The van der Waals surface area contributed by atoms with Crippen molar-refractivity contribution in [3.8, 4) is 0 Å². The van der Waals surface area contributed by atoms with E-state index >= 15 is 0 Å². The van der Waals surface area contributed by atoms with E-state index in [1.54, 1.807) is 31.4 Å². The second-order valence-electron chi connectivity index (χ2n) is 5.64. The Labute approximate surface area is 154 Å². The molecule has 0 saturated heterocycles. The Morgan fingerprint density at radius 1 is 1.15 bits per heavy atom. The Kier molecular flexibility index (Phi) is 5.33. The fourth-order valence-electron chi connectivity index (χ4n) is 2.30. The Morgan fingerprint density at radius 3 is 2.73 bits per heavy atom. The second-order valence-corrected chi connectivity index (χ2v) is 6.64. The lowest BCUT2D eigenvalue weighted by molar-refractivity contribution is 0.0951. The normalized spacial score (nSPS) is 10.4. The van der Waals surface area contributed by atoms with Crippen molar-refractivity contribution in [2.24, 2.45) is 0 Å². The van der Waals surface area contributed by atoms with Crippen molar-refractivity contribution in [2.45, 2.75) is 20.4 Å². The predicted octanol–water partition coefficient (Wildman–Crippen LogP) is 3.93. The molecule has 1 aromatic carbocycles. The van der Waals surface area contributed by atoms with E-state index < -0.39 is 6.03 Å². The van der Waals surface area contributed by atoms with Gasteiger partial charge in [0.15, 0.2) is 5.13 Å². The van der Waals surface area contributed by atoms with E-state index in [-0.39, 0.29) is 5.91 Å². The summed E-state index contributed by atoms with van der Waals surface area (Å²) in [6.45, 7) is 3.96. The van der Waals surface area contributed by atoms with Crippen LogP contribution in [0.3, 0.4) is 0 Å². The Morgan fingerprint density at radius 2 is 2.00 bits per heavy atom. The van der Waals surface area contributed by atoms with Crippen LogP contribution in [-0.4, -0.2) is 16.9 Å². The largest absolute Gasteiger partial charge is 0.467 e. The summed E-state index contributed by atoms with van der Waals surface area (Å²) in [6.07, 6.45) is 1.55. The maximum atomic E-state index is 12.3. The van der Waals surface area contributed by atoms with E-state index in [4.69, 9.17) is 4.42 Å². The van der Waals surface area contributed by atoms with Crippen LogP contribution < -0.4 is 16.0 Å². The van der Waals surface area contributed by atoms with Crippen molar-refractivity contribution in [1.29, 1.82) is 0 Å². The molecule has 0 bridgehead atoms. The number of thiazole rings is 1. The molecule has 3 N–H and O–H groups in total. The van der Waals surface area contributed by atoms with Crippen LogP contribution in [-0.2, 0) is 6.54 Å². The smallest absolute Gasteiger partial charge is 0.325 e. The quantitative estimate of drug-likeness (QED) is 0.634. The van der Waals surface area contributed by atoms with Crippen LogP contribution in [0.2, 0.25) is 0 Å². The standard InChI is InChI=1S/C18H18N4O3S/c1-11-5-3-6-13(9-11)21-17(24)22-18-20-12(2)15(26-18)16(23)19-10-14-7-4-8-25-14/h3-9H,10H2,1-2H3,(H,19,23)(H2,20,21,22,24). The molecule has 2 heterocycles. The molecule has 0 fully saturated rings. The van der Waals surface area contributed by atoms with E-state index in [9.17, 15) is 9.59 Å². The van der Waals surface area contributed by atoms with Crippen molar-refractivity contribution in [2.75, 3.05) is 10.6 Å². The zero-order chi connectivity index (χ0) is 18.5. The summed E-state index contributed by atoms with van der Waals surface area (Å²) < 4.78 is 5.18. The number of rotatable bonds is 5. The van der Waals surface area contributed by atoms with Gasteiger partial charge in [0.05, 0.1) is 18.5 Å². The fourth-order valence-corrected chi connectivity index (χ4v) is 3.18. The molecule has 134 valence electrons. The maximum Gasteiger partial charge on any atom is 0.325 e. The second kappa shape index (κ2) is 7.83. The molecule has 0 saturated carbocycles. The van der Waals surface area contributed by atoms with Crippen LogP contribution in [0.1, 0.15) is 26.7 Å². The van der Waals surface area contributed by atoms with Gasteiger partial charge in [-0.2, -0.15) is 0 Å². The lowest BCUT2D eigenvalue weighted by Gasteiger charge is -2.05. The number of aryl methyl sites for hydroxylation is 2. The number of hydrogen-bond donors (Lipinski definition) is 3. The summed E-state index contributed by atoms with van der Waals surface area (Å²) in [5.41, 5.74) is 2.29. The summed E-state index contributed by atoms with van der Waals surface area (Å²) in [5.74, 6) is 0.403. The Balaban J connectivity index is 1.60. The van der Waals surface area contributed by atoms with Crippen molar-refractivity contribution in [1.82, 2.24) is 10.3 Å². The van der Waals surface area contributed by atoms with Crippen LogP contribution in [0.25, 0.3) is 0 Å². The summed E-state index contributed by atoms with van der Waals surface area (Å²) in [6, 6.07) is 10.6. The fraction of sp³-hybridized carbons (Fsp3) is 0.167. The number of amides is 3. The number of hydrogen-bond acceptors (Lipinski definition) is 5. The molecule has 0 spiro atoms. The molecule has 0 aliphatic heterocycles. The Bertz CT molecular complexity index is 918.